The van der Waals surface area contributed by atoms with Gasteiger partial charge in [0.1, 0.15) is 11.2 Å². The highest BCUT2D eigenvalue weighted by Crippen LogP contribution is 2.67. The van der Waals surface area contributed by atoms with Crippen molar-refractivity contribution >= 4 is 10.9 Å². The number of hydrogen-bond acceptors (Lipinski definition) is 2. The van der Waals surface area contributed by atoms with Crippen LogP contribution in [0, 0.1) is 52.1 Å². The lowest BCUT2D eigenvalue weighted by molar-refractivity contribution is -0.111. The van der Waals surface area contributed by atoms with E-state index >= 15 is 0 Å². The van der Waals surface area contributed by atoms with Crippen LogP contribution in [-0.2, 0) is 6.42 Å². The summed E-state index contributed by atoms with van der Waals surface area (Å²) >= 11 is 0. The highest BCUT2D eigenvalue weighted by Gasteiger charge is 2.59. The molecule has 4 aliphatic rings. The monoisotopic (exact) mass is 482 g/mol. The van der Waals surface area contributed by atoms with Crippen LogP contribution in [0.4, 0.5) is 8.78 Å². The Morgan fingerprint density at radius 2 is 1.80 bits per heavy atom. The van der Waals surface area contributed by atoms with E-state index in [0.29, 0.717) is 23.1 Å². The molecule has 1 N–H and O–H groups in total. The molecule has 0 spiro atoms. The number of fused-ring (bicyclic) bond motifs is 6. The topological polar surface area (TPSA) is 45.8 Å². The molecule has 3 nitrogen and oxygen atoms in total. The first-order valence-electron chi connectivity index (χ1n) is 14.2. The minimum Gasteiger partial charge on any atom is -0.310 e. The number of H-pyrrole nitrogens is 1. The number of nitrogens with zero attached hydrogens (tertiary/aromatic N) is 1. The van der Waals surface area contributed by atoms with E-state index in [2.05, 4.69) is 23.8 Å². The molecule has 4 fully saturated rings. The molecule has 7 atom stereocenters. The first-order valence-corrected chi connectivity index (χ1v) is 14.2. The molecule has 0 saturated heterocycles. The van der Waals surface area contributed by atoms with Crippen molar-refractivity contribution in [1.29, 1.82) is 0 Å². The average molecular weight is 483 g/mol. The molecule has 6 rings (SSSR count). The van der Waals surface area contributed by atoms with Gasteiger partial charge < -0.3 is 4.98 Å². The lowest BCUT2D eigenvalue weighted by atomic mass is 9.45. The van der Waals surface area contributed by atoms with Gasteiger partial charge in [-0.05, 0) is 117 Å². The summed E-state index contributed by atoms with van der Waals surface area (Å²) in [4.78, 5) is 19.5. The maximum atomic E-state index is 14.0. The summed E-state index contributed by atoms with van der Waals surface area (Å²) in [5.41, 5.74) is 0.696. The standard InChI is InChI=1S/C30H40F2N2O/c1-29-16-4-3-6-18(29)9-11-20-21-12-10-19(30(21,2)17-15-22(20)29)7-5-8-25-33-24-14-13-23(31)27(32)26(24)28(35)34-25/h13-14,18-22H,3-12,15-17H2,1-2H3,(H,33,34,35). The van der Waals surface area contributed by atoms with Crippen molar-refractivity contribution in [3.05, 3.63) is 39.9 Å². The van der Waals surface area contributed by atoms with E-state index in [1.165, 1.54) is 70.3 Å². The minimum atomic E-state index is -1.11. The van der Waals surface area contributed by atoms with Gasteiger partial charge in [-0.3, -0.25) is 4.79 Å². The number of rotatable bonds is 4. The molecule has 5 heteroatoms. The molecule has 4 saturated carbocycles. The summed E-state index contributed by atoms with van der Waals surface area (Å²) < 4.78 is 27.6. The first kappa shape index (κ1) is 23.6. The fourth-order valence-corrected chi connectivity index (χ4v) is 9.73. The quantitative estimate of drug-likeness (QED) is 0.488. The molecule has 0 aliphatic heterocycles. The predicted octanol–water partition coefficient (Wildman–Crippen LogP) is 7.57. The number of benzene rings is 1. The van der Waals surface area contributed by atoms with Crippen molar-refractivity contribution in [1.82, 2.24) is 9.97 Å². The van der Waals surface area contributed by atoms with Crippen molar-refractivity contribution in [2.75, 3.05) is 0 Å². The summed E-state index contributed by atoms with van der Waals surface area (Å²) in [6.45, 7) is 5.24. The highest BCUT2D eigenvalue weighted by atomic mass is 19.2. The summed E-state index contributed by atoms with van der Waals surface area (Å²) in [5.74, 6) is 2.91. The molecule has 1 aromatic carbocycles. The van der Waals surface area contributed by atoms with Crippen LogP contribution < -0.4 is 5.56 Å². The van der Waals surface area contributed by atoms with E-state index < -0.39 is 17.2 Å². The van der Waals surface area contributed by atoms with Crippen molar-refractivity contribution < 1.29 is 8.78 Å². The Morgan fingerprint density at radius 3 is 2.66 bits per heavy atom. The molecule has 2 aromatic rings. The van der Waals surface area contributed by atoms with Crippen molar-refractivity contribution in [2.24, 2.45) is 40.4 Å². The number of hydrogen-bond donors (Lipinski definition) is 1. The highest BCUT2D eigenvalue weighted by molar-refractivity contribution is 5.78. The van der Waals surface area contributed by atoms with Gasteiger partial charge in [0.05, 0.1) is 5.52 Å². The van der Waals surface area contributed by atoms with Gasteiger partial charge >= 0.3 is 0 Å². The van der Waals surface area contributed by atoms with Gasteiger partial charge in [-0.25, -0.2) is 13.8 Å². The van der Waals surface area contributed by atoms with E-state index in [1.54, 1.807) is 0 Å². The number of aryl methyl sites for hydroxylation is 1. The molecule has 190 valence electrons. The van der Waals surface area contributed by atoms with E-state index in [0.717, 1.165) is 48.5 Å². The number of nitrogens with one attached hydrogen (secondary N) is 1. The molecule has 1 heterocycles. The lowest BCUT2D eigenvalue weighted by Gasteiger charge is -2.60. The minimum absolute atomic E-state index is 0.237. The second kappa shape index (κ2) is 8.66. The average Bonchev–Trinajstić information content (AvgIpc) is 3.17. The van der Waals surface area contributed by atoms with Crippen LogP contribution in [0.3, 0.4) is 0 Å². The summed E-state index contributed by atoms with van der Waals surface area (Å²) in [5, 5.41) is -0.280. The molecule has 0 bridgehead atoms. The van der Waals surface area contributed by atoms with Gasteiger partial charge in [0.15, 0.2) is 11.6 Å². The number of aromatic nitrogens is 2. The van der Waals surface area contributed by atoms with Crippen LogP contribution in [0.2, 0.25) is 0 Å². The molecule has 0 radical (unpaired) electrons. The fraction of sp³-hybridized carbons (Fsp3) is 0.733. The van der Waals surface area contributed by atoms with E-state index in [9.17, 15) is 13.6 Å². The second-order valence-electron chi connectivity index (χ2n) is 12.9. The van der Waals surface area contributed by atoms with Gasteiger partial charge in [0.2, 0.25) is 0 Å². The Balaban J connectivity index is 1.13. The SMILES string of the molecule is CC12CCCCC1CCC1C2CCC2(C)C(CCCc3nc4ccc(F)c(F)c4c(=O)[nH]3)CCC12. The lowest BCUT2D eigenvalue weighted by Crippen LogP contribution is -2.52. The Labute approximate surface area is 207 Å². The number of aromatic amines is 1. The molecule has 1 aromatic heterocycles. The largest absolute Gasteiger partial charge is 0.310 e. The van der Waals surface area contributed by atoms with Crippen LogP contribution in [0.5, 0.6) is 0 Å². The third-order valence-corrected chi connectivity index (χ3v) is 11.6. The van der Waals surface area contributed by atoms with Gasteiger partial charge in [-0.15, -0.1) is 0 Å². The van der Waals surface area contributed by atoms with Crippen molar-refractivity contribution in [3.8, 4) is 0 Å². The third kappa shape index (κ3) is 3.70. The van der Waals surface area contributed by atoms with Gasteiger partial charge in [-0.2, -0.15) is 0 Å². The fourth-order valence-electron chi connectivity index (χ4n) is 9.73. The zero-order valence-electron chi connectivity index (χ0n) is 21.3. The molecular weight excluding hydrogens is 442 g/mol. The Bertz CT molecular complexity index is 1180. The van der Waals surface area contributed by atoms with Crippen molar-refractivity contribution in [3.63, 3.8) is 0 Å². The maximum Gasteiger partial charge on any atom is 0.261 e. The summed E-state index contributed by atoms with van der Waals surface area (Å²) in [7, 11) is 0. The van der Waals surface area contributed by atoms with Gasteiger partial charge in [-0.1, -0.05) is 26.7 Å². The smallest absolute Gasteiger partial charge is 0.261 e. The molecule has 4 aliphatic carbocycles. The van der Waals surface area contributed by atoms with E-state index in [4.69, 9.17) is 0 Å². The Morgan fingerprint density at radius 1 is 0.971 bits per heavy atom. The zero-order valence-corrected chi connectivity index (χ0v) is 21.3. The van der Waals surface area contributed by atoms with Crippen molar-refractivity contribution in [2.45, 2.75) is 97.3 Å². The molecular formula is C30H40F2N2O. The van der Waals surface area contributed by atoms with Gasteiger partial charge in [0.25, 0.3) is 5.56 Å². The van der Waals surface area contributed by atoms with Crippen LogP contribution >= 0.6 is 0 Å². The normalized spacial score (nSPS) is 38.7. The first-order chi connectivity index (χ1) is 16.8. The van der Waals surface area contributed by atoms with Crippen LogP contribution in [0.25, 0.3) is 10.9 Å². The van der Waals surface area contributed by atoms with E-state index in [1.807, 2.05) is 0 Å². The third-order valence-electron chi connectivity index (χ3n) is 11.6. The molecule has 35 heavy (non-hydrogen) atoms. The zero-order chi connectivity index (χ0) is 24.4. The van der Waals surface area contributed by atoms with Crippen LogP contribution in [0.15, 0.2) is 16.9 Å². The van der Waals surface area contributed by atoms with Crippen LogP contribution in [-0.4, -0.2) is 9.97 Å². The molecule has 0 amide bonds. The molecule has 7 unspecified atom stereocenters. The summed E-state index contributed by atoms with van der Waals surface area (Å²) in [6, 6.07) is 2.44. The number of halogens is 2. The summed E-state index contributed by atoms with van der Waals surface area (Å²) in [6.07, 6.45) is 17.0. The Kier molecular flexibility index (Phi) is 5.84. The van der Waals surface area contributed by atoms with Crippen LogP contribution in [0.1, 0.15) is 96.7 Å². The maximum absolute atomic E-state index is 14.0. The Hall–Kier alpha value is -1.78. The van der Waals surface area contributed by atoms with Gasteiger partial charge in [0, 0.05) is 6.42 Å². The predicted molar refractivity (Wildman–Crippen MR) is 135 cm³/mol. The van der Waals surface area contributed by atoms with E-state index in [-0.39, 0.29) is 10.9 Å². The second-order valence-corrected chi connectivity index (χ2v) is 12.9.